The predicted octanol–water partition coefficient (Wildman–Crippen LogP) is 3.81. The van der Waals surface area contributed by atoms with E-state index < -0.39 is 5.60 Å². The molecule has 0 saturated carbocycles. The lowest BCUT2D eigenvalue weighted by Gasteiger charge is -2.28. The molecular formula is C15H20O. The molecule has 0 aliphatic carbocycles. The minimum absolute atomic E-state index is 0.717. The molecule has 0 amide bonds. The van der Waals surface area contributed by atoms with Crippen LogP contribution in [0.15, 0.2) is 55.6 Å². The Morgan fingerprint density at radius 3 is 1.94 bits per heavy atom. The van der Waals surface area contributed by atoms with Crippen LogP contribution < -0.4 is 0 Å². The highest BCUT2D eigenvalue weighted by Crippen LogP contribution is 2.31. The zero-order valence-corrected chi connectivity index (χ0v) is 9.73. The van der Waals surface area contributed by atoms with Gasteiger partial charge in [-0.25, -0.2) is 0 Å². The SMILES string of the molecule is C=CCCC(O)(CCC=C)c1ccccc1. The van der Waals surface area contributed by atoms with Gasteiger partial charge >= 0.3 is 0 Å². The van der Waals surface area contributed by atoms with Crippen LogP contribution in [0.5, 0.6) is 0 Å². The molecule has 0 fully saturated rings. The molecular weight excluding hydrogens is 196 g/mol. The summed E-state index contributed by atoms with van der Waals surface area (Å²) in [6, 6.07) is 9.84. The molecule has 1 aromatic rings. The lowest BCUT2D eigenvalue weighted by atomic mass is 9.85. The van der Waals surface area contributed by atoms with E-state index in [2.05, 4.69) is 13.2 Å². The Hall–Kier alpha value is -1.34. The summed E-state index contributed by atoms with van der Waals surface area (Å²) in [5.74, 6) is 0. The average molecular weight is 216 g/mol. The van der Waals surface area contributed by atoms with Crippen LogP contribution in [0.4, 0.5) is 0 Å². The third-order valence-corrected chi connectivity index (χ3v) is 2.84. The highest BCUT2D eigenvalue weighted by atomic mass is 16.3. The molecule has 86 valence electrons. The summed E-state index contributed by atoms with van der Waals surface area (Å²) in [5.41, 5.74) is 0.239. The van der Waals surface area contributed by atoms with E-state index in [0.29, 0.717) is 12.8 Å². The smallest absolute Gasteiger partial charge is 0.0902 e. The Kier molecular flexibility index (Phi) is 5.00. The van der Waals surface area contributed by atoms with Gasteiger partial charge in [-0.2, -0.15) is 0 Å². The molecule has 1 nitrogen and oxygen atoms in total. The molecule has 16 heavy (non-hydrogen) atoms. The zero-order chi connectivity index (χ0) is 11.9. The molecule has 0 radical (unpaired) electrons. The fourth-order valence-corrected chi connectivity index (χ4v) is 1.84. The summed E-state index contributed by atoms with van der Waals surface area (Å²) >= 11 is 0. The lowest BCUT2D eigenvalue weighted by Crippen LogP contribution is -2.25. The van der Waals surface area contributed by atoms with E-state index in [1.165, 1.54) is 0 Å². The number of hydrogen-bond acceptors (Lipinski definition) is 1. The second kappa shape index (κ2) is 6.29. The van der Waals surface area contributed by atoms with Crippen LogP contribution in [0.1, 0.15) is 31.2 Å². The van der Waals surface area contributed by atoms with Crippen LogP contribution in [-0.4, -0.2) is 5.11 Å². The van der Waals surface area contributed by atoms with Crippen molar-refractivity contribution in [2.45, 2.75) is 31.3 Å². The van der Waals surface area contributed by atoms with Crippen LogP contribution in [0.25, 0.3) is 0 Å². The molecule has 1 N–H and O–H groups in total. The molecule has 0 aromatic heterocycles. The quantitative estimate of drug-likeness (QED) is 0.687. The van der Waals surface area contributed by atoms with Crippen molar-refractivity contribution in [3.63, 3.8) is 0 Å². The van der Waals surface area contributed by atoms with Crippen LogP contribution in [0.3, 0.4) is 0 Å². The summed E-state index contributed by atoms with van der Waals surface area (Å²) in [5, 5.41) is 10.6. The number of rotatable bonds is 7. The Morgan fingerprint density at radius 1 is 1.00 bits per heavy atom. The van der Waals surface area contributed by atoms with Crippen molar-refractivity contribution in [1.29, 1.82) is 0 Å². The van der Waals surface area contributed by atoms with Crippen molar-refractivity contribution in [3.05, 3.63) is 61.2 Å². The molecule has 0 saturated heterocycles. The van der Waals surface area contributed by atoms with Crippen LogP contribution >= 0.6 is 0 Å². The molecule has 0 spiro atoms. The Labute approximate surface area is 98.1 Å². The minimum atomic E-state index is -0.746. The second-order valence-corrected chi connectivity index (χ2v) is 4.05. The van der Waals surface area contributed by atoms with Gasteiger partial charge in [-0.15, -0.1) is 13.2 Å². The van der Waals surface area contributed by atoms with Gasteiger partial charge in [0.2, 0.25) is 0 Å². The largest absolute Gasteiger partial charge is 0.385 e. The molecule has 0 aliphatic heterocycles. The summed E-state index contributed by atoms with van der Waals surface area (Å²) < 4.78 is 0. The maximum absolute atomic E-state index is 10.6. The first kappa shape index (κ1) is 12.7. The van der Waals surface area contributed by atoms with E-state index in [-0.39, 0.29) is 0 Å². The van der Waals surface area contributed by atoms with E-state index in [1.54, 1.807) is 0 Å². The van der Waals surface area contributed by atoms with Gasteiger partial charge in [-0.05, 0) is 31.2 Å². The van der Waals surface area contributed by atoms with Gasteiger partial charge in [0.05, 0.1) is 5.60 Å². The molecule has 0 bridgehead atoms. The van der Waals surface area contributed by atoms with Crippen molar-refractivity contribution in [2.75, 3.05) is 0 Å². The summed E-state index contributed by atoms with van der Waals surface area (Å²) in [4.78, 5) is 0. The fourth-order valence-electron chi connectivity index (χ4n) is 1.84. The molecule has 0 unspecified atom stereocenters. The van der Waals surface area contributed by atoms with E-state index in [0.717, 1.165) is 18.4 Å². The van der Waals surface area contributed by atoms with E-state index >= 15 is 0 Å². The molecule has 1 aromatic carbocycles. The van der Waals surface area contributed by atoms with E-state index in [4.69, 9.17) is 0 Å². The first-order valence-corrected chi connectivity index (χ1v) is 5.72. The summed E-state index contributed by atoms with van der Waals surface area (Å²) in [6.07, 6.45) is 6.78. The molecule has 0 heterocycles. The number of benzene rings is 1. The maximum Gasteiger partial charge on any atom is 0.0902 e. The minimum Gasteiger partial charge on any atom is -0.385 e. The Morgan fingerprint density at radius 2 is 1.50 bits per heavy atom. The highest BCUT2D eigenvalue weighted by molar-refractivity contribution is 5.22. The lowest BCUT2D eigenvalue weighted by molar-refractivity contribution is 0.0203. The van der Waals surface area contributed by atoms with Crippen molar-refractivity contribution in [2.24, 2.45) is 0 Å². The first-order chi connectivity index (χ1) is 7.73. The van der Waals surface area contributed by atoms with Gasteiger partial charge in [0.1, 0.15) is 0 Å². The average Bonchev–Trinajstić information content (AvgIpc) is 2.35. The zero-order valence-electron chi connectivity index (χ0n) is 9.73. The molecule has 1 rings (SSSR count). The molecule has 0 aliphatic rings. The van der Waals surface area contributed by atoms with Crippen LogP contribution in [0, 0.1) is 0 Å². The van der Waals surface area contributed by atoms with Gasteiger partial charge in [-0.1, -0.05) is 42.5 Å². The monoisotopic (exact) mass is 216 g/mol. The van der Waals surface area contributed by atoms with Gasteiger partial charge in [0.15, 0.2) is 0 Å². The first-order valence-electron chi connectivity index (χ1n) is 5.72. The predicted molar refractivity (Wildman–Crippen MR) is 69.2 cm³/mol. The van der Waals surface area contributed by atoms with Gasteiger partial charge in [0, 0.05) is 0 Å². The third-order valence-electron chi connectivity index (χ3n) is 2.84. The van der Waals surface area contributed by atoms with Gasteiger partial charge in [-0.3, -0.25) is 0 Å². The summed E-state index contributed by atoms with van der Waals surface area (Å²) in [7, 11) is 0. The van der Waals surface area contributed by atoms with Crippen molar-refractivity contribution < 1.29 is 5.11 Å². The number of allylic oxidation sites excluding steroid dienone is 2. The highest BCUT2D eigenvalue weighted by Gasteiger charge is 2.26. The van der Waals surface area contributed by atoms with Crippen molar-refractivity contribution >= 4 is 0 Å². The molecule has 0 atom stereocenters. The topological polar surface area (TPSA) is 20.2 Å². The maximum atomic E-state index is 10.6. The van der Waals surface area contributed by atoms with E-state index in [9.17, 15) is 5.11 Å². The number of aliphatic hydroxyl groups is 1. The normalized spacial score (nSPS) is 11.1. The van der Waals surface area contributed by atoms with E-state index in [1.807, 2.05) is 42.5 Å². The van der Waals surface area contributed by atoms with Crippen LogP contribution in [-0.2, 0) is 5.60 Å². The second-order valence-electron chi connectivity index (χ2n) is 4.05. The van der Waals surface area contributed by atoms with Crippen molar-refractivity contribution in [1.82, 2.24) is 0 Å². The third kappa shape index (κ3) is 3.35. The van der Waals surface area contributed by atoms with Crippen molar-refractivity contribution in [3.8, 4) is 0 Å². The Balaban J connectivity index is 2.84. The number of hydrogen-bond donors (Lipinski definition) is 1. The van der Waals surface area contributed by atoms with Gasteiger partial charge in [0.25, 0.3) is 0 Å². The van der Waals surface area contributed by atoms with Crippen LogP contribution in [0.2, 0.25) is 0 Å². The molecule has 1 heteroatoms. The summed E-state index contributed by atoms with van der Waals surface area (Å²) in [6.45, 7) is 7.41. The fraction of sp³-hybridized carbons (Fsp3) is 0.333. The van der Waals surface area contributed by atoms with Gasteiger partial charge < -0.3 is 5.11 Å². The standard InChI is InChI=1S/C15H20O/c1-3-5-12-15(16,13-6-4-2)14-10-8-7-9-11-14/h3-4,7-11,16H,1-2,5-6,12-13H2. The Bertz CT molecular complexity index is 315.